The monoisotopic (exact) mass is 214 g/mol. The molecule has 14 heavy (non-hydrogen) atoms. The highest BCUT2D eigenvalue weighted by Gasteiger charge is 2.37. The summed E-state index contributed by atoms with van der Waals surface area (Å²) < 4.78 is 13.4. The number of halogens is 2. The molecule has 1 N–H and O–H groups in total. The fourth-order valence-corrected chi connectivity index (χ4v) is 2.14. The van der Waals surface area contributed by atoms with Gasteiger partial charge in [-0.25, -0.2) is 4.39 Å². The summed E-state index contributed by atoms with van der Waals surface area (Å²) in [4.78, 5) is 0. The Bertz CT molecular complexity index is 372. The van der Waals surface area contributed by atoms with Crippen LogP contribution in [-0.4, -0.2) is 5.11 Å². The van der Waals surface area contributed by atoms with Gasteiger partial charge < -0.3 is 5.11 Å². The van der Waals surface area contributed by atoms with Crippen LogP contribution in [-0.2, 0) is 5.60 Å². The van der Waals surface area contributed by atoms with Gasteiger partial charge in [0.05, 0.1) is 10.6 Å². The number of hydrogen-bond donors (Lipinski definition) is 1. The molecule has 1 nitrogen and oxygen atoms in total. The predicted molar refractivity (Wildman–Crippen MR) is 53.9 cm³/mol. The molecular weight excluding hydrogens is 203 g/mol. The molecule has 0 atom stereocenters. The van der Waals surface area contributed by atoms with Crippen molar-refractivity contribution in [2.45, 2.75) is 31.8 Å². The Labute approximate surface area is 87.5 Å². The van der Waals surface area contributed by atoms with Crippen LogP contribution in [0.3, 0.4) is 0 Å². The molecule has 1 aliphatic rings. The van der Waals surface area contributed by atoms with E-state index in [-0.39, 0.29) is 5.02 Å². The van der Waals surface area contributed by atoms with Gasteiger partial charge in [-0.15, -0.1) is 0 Å². The highest BCUT2D eigenvalue weighted by molar-refractivity contribution is 6.30. The molecule has 76 valence electrons. The van der Waals surface area contributed by atoms with E-state index < -0.39 is 11.4 Å². The zero-order valence-corrected chi connectivity index (χ0v) is 8.74. The number of hydrogen-bond acceptors (Lipinski definition) is 1. The molecule has 2 rings (SSSR count). The maximum Gasteiger partial charge on any atom is 0.145 e. The van der Waals surface area contributed by atoms with Gasteiger partial charge in [-0.1, -0.05) is 17.7 Å². The van der Waals surface area contributed by atoms with E-state index >= 15 is 0 Å². The van der Waals surface area contributed by atoms with Crippen LogP contribution in [0.15, 0.2) is 12.1 Å². The lowest BCUT2D eigenvalue weighted by Crippen LogP contribution is -2.34. The van der Waals surface area contributed by atoms with E-state index in [4.69, 9.17) is 11.6 Å². The molecule has 3 heteroatoms. The Morgan fingerprint density at radius 3 is 2.57 bits per heavy atom. The Morgan fingerprint density at radius 1 is 1.43 bits per heavy atom. The maximum absolute atomic E-state index is 13.4. The van der Waals surface area contributed by atoms with Crippen LogP contribution in [0.4, 0.5) is 4.39 Å². The topological polar surface area (TPSA) is 20.2 Å². The number of rotatable bonds is 1. The summed E-state index contributed by atoms with van der Waals surface area (Å²) in [7, 11) is 0. The average molecular weight is 215 g/mol. The first-order valence-corrected chi connectivity index (χ1v) is 5.10. The van der Waals surface area contributed by atoms with Crippen molar-refractivity contribution in [1.82, 2.24) is 0 Å². The van der Waals surface area contributed by atoms with Crippen molar-refractivity contribution in [2.24, 2.45) is 0 Å². The van der Waals surface area contributed by atoms with E-state index in [1.165, 1.54) is 6.07 Å². The first-order valence-electron chi connectivity index (χ1n) is 4.72. The molecule has 0 spiro atoms. The van der Waals surface area contributed by atoms with Gasteiger partial charge in [0, 0.05) is 0 Å². The van der Waals surface area contributed by atoms with E-state index in [2.05, 4.69) is 0 Å². The van der Waals surface area contributed by atoms with Gasteiger partial charge in [-0.2, -0.15) is 0 Å². The van der Waals surface area contributed by atoms with Gasteiger partial charge in [0.1, 0.15) is 5.82 Å². The lowest BCUT2D eigenvalue weighted by Gasteiger charge is -2.38. The Hall–Kier alpha value is -0.600. The lowest BCUT2D eigenvalue weighted by atomic mass is 9.74. The molecule has 0 amide bonds. The van der Waals surface area contributed by atoms with E-state index in [1.807, 2.05) is 0 Å². The minimum absolute atomic E-state index is 0.120. The van der Waals surface area contributed by atoms with Crippen LogP contribution in [0.1, 0.15) is 30.4 Å². The molecule has 1 aromatic rings. The number of aliphatic hydroxyl groups is 1. The van der Waals surface area contributed by atoms with Gasteiger partial charge in [0.2, 0.25) is 0 Å². The predicted octanol–water partition coefficient (Wildman–Crippen LogP) is 3.16. The van der Waals surface area contributed by atoms with Crippen molar-refractivity contribution in [2.75, 3.05) is 0 Å². The van der Waals surface area contributed by atoms with Crippen LogP contribution in [0.5, 0.6) is 0 Å². The molecule has 1 fully saturated rings. The van der Waals surface area contributed by atoms with Crippen LogP contribution in [0.2, 0.25) is 5.02 Å². The van der Waals surface area contributed by atoms with Crippen LogP contribution in [0, 0.1) is 12.7 Å². The third kappa shape index (κ3) is 1.33. The normalized spacial score (nSPS) is 19.1. The zero-order valence-electron chi connectivity index (χ0n) is 7.98. The van der Waals surface area contributed by atoms with Crippen molar-refractivity contribution in [3.63, 3.8) is 0 Å². The Morgan fingerprint density at radius 2 is 2.07 bits per heavy atom. The van der Waals surface area contributed by atoms with Crippen LogP contribution < -0.4 is 0 Å². The molecule has 0 radical (unpaired) electrons. The Balaban J connectivity index is 2.49. The maximum atomic E-state index is 13.4. The molecule has 0 bridgehead atoms. The van der Waals surface area contributed by atoms with Crippen LogP contribution in [0.25, 0.3) is 0 Å². The summed E-state index contributed by atoms with van der Waals surface area (Å²) in [6.07, 6.45) is 2.43. The summed E-state index contributed by atoms with van der Waals surface area (Å²) >= 11 is 5.64. The third-order valence-electron chi connectivity index (χ3n) is 3.02. The zero-order chi connectivity index (χ0) is 10.3. The molecular formula is C11H12ClFO. The van der Waals surface area contributed by atoms with Gasteiger partial charge in [0.25, 0.3) is 0 Å². The minimum Gasteiger partial charge on any atom is -0.385 e. The summed E-state index contributed by atoms with van der Waals surface area (Å²) in [6, 6.07) is 3.23. The molecule has 1 aromatic carbocycles. The van der Waals surface area contributed by atoms with Crippen molar-refractivity contribution >= 4 is 11.6 Å². The quantitative estimate of drug-likeness (QED) is 0.762. The first-order chi connectivity index (χ1) is 6.54. The second kappa shape index (κ2) is 3.21. The average Bonchev–Trinajstić information content (AvgIpc) is 2.11. The molecule has 0 saturated heterocycles. The number of benzene rings is 1. The highest BCUT2D eigenvalue weighted by Crippen LogP contribution is 2.43. The second-order valence-electron chi connectivity index (χ2n) is 3.92. The summed E-state index contributed by atoms with van der Waals surface area (Å²) in [5.41, 5.74) is 0.348. The minimum atomic E-state index is -0.810. The third-order valence-corrected chi connectivity index (χ3v) is 3.31. The summed E-state index contributed by atoms with van der Waals surface area (Å²) in [5.74, 6) is -0.413. The van der Waals surface area contributed by atoms with E-state index in [1.54, 1.807) is 13.0 Å². The van der Waals surface area contributed by atoms with Gasteiger partial charge >= 0.3 is 0 Å². The Kier molecular flexibility index (Phi) is 2.28. The van der Waals surface area contributed by atoms with Crippen molar-refractivity contribution in [1.29, 1.82) is 0 Å². The van der Waals surface area contributed by atoms with E-state index in [9.17, 15) is 9.50 Å². The van der Waals surface area contributed by atoms with Gasteiger partial charge in [-0.3, -0.25) is 0 Å². The smallest absolute Gasteiger partial charge is 0.145 e. The van der Waals surface area contributed by atoms with Gasteiger partial charge in [-0.05, 0) is 43.4 Å². The molecule has 0 aromatic heterocycles. The van der Waals surface area contributed by atoms with E-state index in [0.717, 1.165) is 19.3 Å². The van der Waals surface area contributed by atoms with Crippen LogP contribution >= 0.6 is 11.6 Å². The first kappa shape index (κ1) is 9.94. The standard InChI is InChI=1S/C11H12ClFO/c1-7-8(11(14)5-2-6-11)3-4-9(12)10(7)13/h3-4,14H,2,5-6H2,1H3. The molecule has 0 unspecified atom stereocenters. The second-order valence-corrected chi connectivity index (χ2v) is 4.33. The van der Waals surface area contributed by atoms with Crippen molar-refractivity contribution < 1.29 is 9.50 Å². The van der Waals surface area contributed by atoms with Crippen molar-refractivity contribution in [3.8, 4) is 0 Å². The molecule has 1 aliphatic carbocycles. The van der Waals surface area contributed by atoms with E-state index in [0.29, 0.717) is 11.1 Å². The lowest BCUT2D eigenvalue weighted by molar-refractivity contribution is -0.0395. The summed E-state index contributed by atoms with van der Waals surface area (Å²) in [6.45, 7) is 1.66. The van der Waals surface area contributed by atoms with Gasteiger partial charge in [0.15, 0.2) is 0 Å². The highest BCUT2D eigenvalue weighted by atomic mass is 35.5. The molecule has 0 aliphatic heterocycles. The fraction of sp³-hybridized carbons (Fsp3) is 0.455. The fourth-order valence-electron chi connectivity index (χ4n) is 1.94. The SMILES string of the molecule is Cc1c(C2(O)CCC2)ccc(Cl)c1F. The molecule has 0 heterocycles. The van der Waals surface area contributed by atoms with Crippen molar-refractivity contribution in [3.05, 3.63) is 34.1 Å². The summed E-state index contributed by atoms with van der Waals surface area (Å²) in [5, 5.41) is 10.2. The molecule has 1 saturated carbocycles. The largest absolute Gasteiger partial charge is 0.385 e.